The summed E-state index contributed by atoms with van der Waals surface area (Å²) in [6.07, 6.45) is 2.74. The van der Waals surface area contributed by atoms with Gasteiger partial charge in [0.2, 0.25) is 5.91 Å². The molecule has 0 bridgehead atoms. The summed E-state index contributed by atoms with van der Waals surface area (Å²) < 4.78 is 19.6. The number of carbonyl (C=O) groups is 2. The van der Waals surface area contributed by atoms with E-state index in [0.717, 1.165) is 31.7 Å². The second-order valence-electron chi connectivity index (χ2n) is 7.18. The molecule has 2 fully saturated rings. The molecule has 1 aliphatic heterocycles. The zero-order valence-corrected chi connectivity index (χ0v) is 14.7. The first kappa shape index (κ1) is 18.8. The lowest BCUT2D eigenvalue weighted by molar-refractivity contribution is -0.142. The Morgan fingerprint density at radius 2 is 1.96 bits per heavy atom. The molecule has 1 unspecified atom stereocenters. The number of halogens is 1. The van der Waals surface area contributed by atoms with Crippen molar-refractivity contribution >= 4 is 11.8 Å². The van der Waals surface area contributed by atoms with E-state index in [1.54, 1.807) is 4.90 Å². The Hall–Kier alpha value is -1.99. The largest absolute Gasteiger partial charge is 0.383 e. The van der Waals surface area contributed by atoms with Crippen LogP contribution in [0.4, 0.5) is 4.39 Å². The minimum absolute atomic E-state index is 0.0436. The Morgan fingerprint density at radius 3 is 2.54 bits per heavy atom. The van der Waals surface area contributed by atoms with E-state index in [9.17, 15) is 19.1 Å². The van der Waals surface area contributed by atoms with E-state index in [2.05, 4.69) is 0 Å². The normalized spacial score (nSPS) is 19.2. The molecule has 2 amide bonds. The molecule has 3 N–H and O–H groups in total. The van der Waals surface area contributed by atoms with Gasteiger partial charge in [-0.2, -0.15) is 0 Å². The SMILES string of the molecule is NC(=O)c1ccc(CN(C(=O)C(O)CC2CCOCC2)C2CC2)c(F)c1. The number of hydrogen-bond donors (Lipinski definition) is 2. The number of ether oxygens (including phenoxy) is 1. The number of aliphatic hydroxyl groups is 1. The number of benzene rings is 1. The molecule has 0 aromatic heterocycles. The number of amides is 2. The van der Waals surface area contributed by atoms with Gasteiger partial charge in [-0.05, 0) is 50.2 Å². The predicted octanol–water partition coefficient (Wildman–Crippen LogP) is 1.59. The van der Waals surface area contributed by atoms with Crippen molar-refractivity contribution in [1.82, 2.24) is 4.90 Å². The molecule has 3 rings (SSSR count). The molecular weight excluding hydrogens is 339 g/mol. The molecule has 1 heterocycles. The summed E-state index contributed by atoms with van der Waals surface area (Å²) in [4.78, 5) is 25.4. The van der Waals surface area contributed by atoms with Crippen LogP contribution >= 0.6 is 0 Å². The predicted molar refractivity (Wildman–Crippen MR) is 92.7 cm³/mol. The fourth-order valence-corrected chi connectivity index (χ4v) is 3.38. The maximum atomic E-state index is 14.3. The topological polar surface area (TPSA) is 92.9 Å². The molecule has 1 saturated carbocycles. The number of nitrogens with zero attached hydrogens (tertiary/aromatic N) is 1. The standard InChI is InChI=1S/C19H25FN2O4/c20-16-10-13(18(21)24)1-2-14(16)11-22(15-3-4-15)19(25)17(23)9-12-5-7-26-8-6-12/h1-2,10,12,15,17,23H,3-9,11H2,(H2,21,24). The Balaban J connectivity index is 1.66. The minimum Gasteiger partial charge on any atom is -0.383 e. The third-order valence-corrected chi connectivity index (χ3v) is 5.13. The van der Waals surface area contributed by atoms with Crippen LogP contribution in [0, 0.1) is 11.7 Å². The van der Waals surface area contributed by atoms with Crippen molar-refractivity contribution < 1.29 is 23.8 Å². The summed E-state index contributed by atoms with van der Waals surface area (Å²) in [5, 5.41) is 10.4. The zero-order valence-electron chi connectivity index (χ0n) is 14.7. The van der Waals surface area contributed by atoms with E-state index in [0.29, 0.717) is 25.2 Å². The maximum absolute atomic E-state index is 14.3. The van der Waals surface area contributed by atoms with E-state index in [-0.39, 0.29) is 30.0 Å². The molecule has 1 atom stereocenters. The van der Waals surface area contributed by atoms with Gasteiger partial charge < -0.3 is 20.5 Å². The van der Waals surface area contributed by atoms with E-state index in [4.69, 9.17) is 10.5 Å². The molecule has 1 saturated heterocycles. The van der Waals surface area contributed by atoms with Crippen LogP contribution in [0.25, 0.3) is 0 Å². The van der Waals surface area contributed by atoms with Gasteiger partial charge in [0.25, 0.3) is 5.91 Å². The third kappa shape index (κ3) is 4.59. The van der Waals surface area contributed by atoms with Gasteiger partial charge in [-0.25, -0.2) is 4.39 Å². The molecule has 6 nitrogen and oxygen atoms in total. The molecule has 142 valence electrons. The average molecular weight is 364 g/mol. The van der Waals surface area contributed by atoms with Gasteiger partial charge >= 0.3 is 0 Å². The number of aliphatic hydroxyl groups excluding tert-OH is 1. The Morgan fingerprint density at radius 1 is 1.27 bits per heavy atom. The summed E-state index contributed by atoms with van der Waals surface area (Å²) >= 11 is 0. The fourth-order valence-electron chi connectivity index (χ4n) is 3.38. The van der Waals surface area contributed by atoms with E-state index < -0.39 is 17.8 Å². The van der Waals surface area contributed by atoms with E-state index in [1.165, 1.54) is 12.1 Å². The summed E-state index contributed by atoms with van der Waals surface area (Å²) in [5.41, 5.74) is 5.56. The van der Waals surface area contributed by atoms with Crippen molar-refractivity contribution in [2.24, 2.45) is 11.7 Å². The first-order chi connectivity index (χ1) is 12.5. The molecule has 1 aliphatic carbocycles. The summed E-state index contributed by atoms with van der Waals surface area (Å²) in [6, 6.07) is 4.06. The van der Waals surface area contributed by atoms with Crippen LogP contribution < -0.4 is 5.73 Å². The summed E-state index contributed by atoms with van der Waals surface area (Å²) in [6.45, 7) is 1.41. The van der Waals surface area contributed by atoms with Gasteiger partial charge in [0.1, 0.15) is 11.9 Å². The quantitative estimate of drug-likeness (QED) is 0.768. The van der Waals surface area contributed by atoms with Crippen LogP contribution in [0.3, 0.4) is 0 Å². The first-order valence-electron chi connectivity index (χ1n) is 9.10. The van der Waals surface area contributed by atoms with Crippen molar-refractivity contribution in [2.45, 2.75) is 50.8 Å². The van der Waals surface area contributed by atoms with Gasteiger partial charge in [0, 0.05) is 36.9 Å². The summed E-state index contributed by atoms with van der Waals surface area (Å²) in [5.74, 6) is -1.34. The van der Waals surface area contributed by atoms with Gasteiger partial charge in [-0.1, -0.05) is 6.07 Å². The monoisotopic (exact) mass is 364 g/mol. The average Bonchev–Trinajstić information content (AvgIpc) is 3.45. The lowest BCUT2D eigenvalue weighted by Crippen LogP contribution is -2.41. The van der Waals surface area contributed by atoms with Crippen LogP contribution in [-0.2, 0) is 16.1 Å². The molecule has 7 heteroatoms. The number of rotatable bonds is 7. The van der Waals surface area contributed by atoms with Crippen molar-refractivity contribution in [1.29, 1.82) is 0 Å². The lowest BCUT2D eigenvalue weighted by atomic mass is 9.93. The maximum Gasteiger partial charge on any atom is 0.251 e. The molecule has 26 heavy (non-hydrogen) atoms. The second kappa shape index (κ2) is 8.14. The lowest BCUT2D eigenvalue weighted by Gasteiger charge is -2.28. The first-order valence-corrected chi connectivity index (χ1v) is 9.10. The van der Waals surface area contributed by atoms with Gasteiger partial charge in [0.05, 0.1) is 0 Å². The van der Waals surface area contributed by atoms with Crippen LogP contribution in [-0.4, -0.2) is 47.2 Å². The number of hydrogen-bond acceptors (Lipinski definition) is 4. The van der Waals surface area contributed by atoms with E-state index >= 15 is 0 Å². The number of carbonyl (C=O) groups excluding carboxylic acids is 2. The highest BCUT2D eigenvalue weighted by molar-refractivity contribution is 5.92. The second-order valence-corrected chi connectivity index (χ2v) is 7.18. The van der Waals surface area contributed by atoms with Gasteiger partial charge in [-0.15, -0.1) is 0 Å². The molecule has 2 aliphatic rings. The van der Waals surface area contributed by atoms with Crippen molar-refractivity contribution in [3.8, 4) is 0 Å². The van der Waals surface area contributed by atoms with Crippen molar-refractivity contribution in [3.05, 3.63) is 35.1 Å². The Bertz CT molecular complexity index is 672. The number of nitrogens with two attached hydrogens (primary N) is 1. The third-order valence-electron chi connectivity index (χ3n) is 5.13. The van der Waals surface area contributed by atoms with Crippen molar-refractivity contribution in [2.75, 3.05) is 13.2 Å². The van der Waals surface area contributed by atoms with Crippen LogP contribution in [0.15, 0.2) is 18.2 Å². The zero-order chi connectivity index (χ0) is 18.7. The van der Waals surface area contributed by atoms with E-state index in [1.807, 2.05) is 0 Å². The Labute approximate surface area is 152 Å². The molecule has 1 aromatic carbocycles. The molecule has 1 aromatic rings. The summed E-state index contributed by atoms with van der Waals surface area (Å²) in [7, 11) is 0. The molecular formula is C19H25FN2O4. The highest BCUT2D eigenvalue weighted by Crippen LogP contribution is 2.31. The fraction of sp³-hybridized carbons (Fsp3) is 0.579. The Kier molecular flexibility index (Phi) is 5.88. The molecule has 0 spiro atoms. The van der Waals surface area contributed by atoms with Crippen LogP contribution in [0.1, 0.15) is 48.0 Å². The van der Waals surface area contributed by atoms with Gasteiger partial charge in [-0.3, -0.25) is 9.59 Å². The van der Waals surface area contributed by atoms with Crippen molar-refractivity contribution in [3.63, 3.8) is 0 Å². The highest BCUT2D eigenvalue weighted by atomic mass is 19.1. The van der Waals surface area contributed by atoms with Crippen LogP contribution in [0.5, 0.6) is 0 Å². The van der Waals surface area contributed by atoms with Gasteiger partial charge in [0.15, 0.2) is 0 Å². The van der Waals surface area contributed by atoms with Crippen LogP contribution in [0.2, 0.25) is 0 Å². The number of primary amides is 1. The minimum atomic E-state index is -1.08. The smallest absolute Gasteiger partial charge is 0.251 e. The molecule has 0 radical (unpaired) electrons. The highest BCUT2D eigenvalue weighted by Gasteiger charge is 2.36.